The Hall–Kier alpha value is -2.91. The third-order valence-corrected chi connectivity index (χ3v) is 4.85. The van der Waals surface area contributed by atoms with E-state index in [9.17, 15) is 14.7 Å². The number of carboxylic acids is 2. The van der Waals surface area contributed by atoms with Gasteiger partial charge in [0, 0.05) is 6.54 Å². The van der Waals surface area contributed by atoms with Gasteiger partial charge in [-0.25, -0.2) is 0 Å². The molecule has 0 amide bonds. The summed E-state index contributed by atoms with van der Waals surface area (Å²) in [5, 5.41) is 36.4. The van der Waals surface area contributed by atoms with Gasteiger partial charge in [-0.05, 0) is 55.7 Å². The first-order valence-electron chi connectivity index (χ1n) is 9.89. The van der Waals surface area contributed by atoms with Crippen LogP contribution in [0, 0.1) is 5.41 Å². The lowest BCUT2D eigenvalue weighted by Crippen LogP contribution is -2.34. The molecule has 1 aliphatic rings. The lowest BCUT2D eigenvalue weighted by atomic mass is 9.99. The third kappa shape index (κ3) is 9.06. The van der Waals surface area contributed by atoms with Crippen LogP contribution in [0.5, 0.6) is 0 Å². The summed E-state index contributed by atoms with van der Waals surface area (Å²) >= 11 is 0. The van der Waals surface area contributed by atoms with Gasteiger partial charge in [-0.2, -0.15) is 0 Å². The van der Waals surface area contributed by atoms with Crippen LogP contribution in [0.1, 0.15) is 56.1 Å². The molecule has 0 bridgehead atoms. The quantitative estimate of drug-likeness (QED) is 0.187. The molecule has 1 aliphatic carbocycles. The maximum absolute atomic E-state index is 10.9. The van der Waals surface area contributed by atoms with Crippen molar-refractivity contribution in [2.75, 3.05) is 6.54 Å². The van der Waals surface area contributed by atoms with Crippen molar-refractivity contribution in [3.8, 4) is 0 Å². The standard InChI is InChI=1S/C15H18O3.C6H14N4O2/c1-10(15(17)18)12-7-5-11(6-8-12)9-13-3-2-4-14(13)16;7-4(5(11)12)2-1-3-10-6(8)9/h5-10,14,16H,2-4H2,1H3,(H,17,18);4H,1-3,7H2,(H,11,12)(H4,8,9,10)/t;4-/m.0/s1. The molecule has 2 unspecified atom stereocenters. The maximum Gasteiger partial charge on any atom is 0.320 e. The van der Waals surface area contributed by atoms with Gasteiger partial charge in [-0.3, -0.25) is 15.0 Å². The monoisotopic (exact) mass is 420 g/mol. The molecule has 1 fully saturated rings. The Morgan fingerprint density at radius 2 is 1.90 bits per heavy atom. The number of nitrogens with two attached hydrogens (primary N) is 2. The number of nitrogens with one attached hydrogen (secondary N) is 2. The molecular formula is C21H32N4O5. The normalized spacial score (nSPS) is 18.8. The van der Waals surface area contributed by atoms with E-state index < -0.39 is 23.9 Å². The van der Waals surface area contributed by atoms with E-state index in [0.717, 1.165) is 36.0 Å². The lowest BCUT2D eigenvalue weighted by molar-refractivity contribution is -0.139. The van der Waals surface area contributed by atoms with Crippen LogP contribution < -0.4 is 16.8 Å². The van der Waals surface area contributed by atoms with Crippen LogP contribution in [0.25, 0.3) is 6.08 Å². The lowest BCUT2D eigenvalue weighted by Gasteiger charge is -2.07. The molecule has 0 aliphatic heterocycles. The van der Waals surface area contributed by atoms with E-state index in [1.165, 1.54) is 0 Å². The number of carbonyl (C=O) groups is 2. The first kappa shape index (κ1) is 25.1. The minimum atomic E-state index is -1.00. The maximum atomic E-state index is 10.9. The highest BCUT2D eigenvalue weighted by Crippen LogP contribution is 2.27. The molecule has 0 aromatic heterocycles. The molecule has 3 atom stereocenters. The molecule has 1 aromatic rings. The van der Waals surface area contributed by atoms with Crippen LogP contribution in [0.3, 0.4) is 0 Å². The second-order valence-corrected chi connectivity index (χ2v) is 7.28. The Bertz CT molecular complexity index is 748. The molecule has 0 radical (unpaired) electrons. The van der Waals surface area contributed by atoms with E-state index >= 15 is 0 Å². The number of aliphatic hydroxyl groups excluding tert-OH is 1. The van der Waals surface area contributed by atoms with Crippen LogP contribution in [0.2, 0.25) is 0 Å². The van der Waals surface area contributed by atoms with Crippen LogP contribution >= 0.6 is 0 Å². The van der Waals surface area contributed by atoms with Crippen molar-refractivity contribution in [2.24, 2.45) is 11.5 Å². The average molecular weight is 421 g/mol. The summed E-state index contributed by atoms with van der Waals surface area (Å²) in [7, 11) is 0. The van der Waals surface area contributed by atoms with Crippen molar-refractivity contribution < 1.29 is 24.9 Å². The Kier molecular flexibility index (Phi) is 10.6. The summed E-state index contributed by atoms with van der Waals surface area (Å²) in [5.41, 5.74) is 13.1. The predicted octanol–water partition coefficient (Wildman–Crippen LogP) is 1.46. The van der Waals surface area contributed by atoms with Crippen LogP contribution in [-0.4, -0.2) is 51.9 Å². The number of hydrogen-bond donors (Lipinski definition) is 7. The Labute approximate surface area is 176 Å². The largest absolute Gasteiger partial charge is 0.481 e. The summed E-state index contributed by atoms with van der Waals surface area (Å²) in [5.74, 6) is -2.41. The molecule has 0 saturated heterocycles. The first-order chi connectivity index (χ1) is 14.1. The number of hydrogen-bond acceptors (Lipinski definition) is 5. The number of aliphatic hydroxyl groups is 1. The molecular weight excluding hydrogens is 388 g/mol. The molecule has 0 spiro atoms. The van der Waals surface area contributed by atoms with Gasteiger partial charge >= 0.3 is 11.9 Å². The zero-order chi connectivity index (χ0) is 22.7. The molecule has 30 heavy (non-hydrogen) atoms. The average Bonchev–Trinajstić information content (AvgIpc) is 3.09. The second kappa shape index (κ2) is 12.6. The Morgan fingerprint density at radius 1 is 1.27 bits per heavy atom. The van der Waals surface area contributed by atoms with E-state index in [1.54, 1.807) is 6.92 Å². The van der Waals surface area contributed by atoms with Crippen molar-refractivity contribution in [2.45, 2.75) is 57.1 Å². The topological polar surface area (TPSA) is 183 Å². The van der Waals surface area contributed by atoms with Gasteiger partial charge in [0.05, 0.1) is 12.0 Å². The Balaban J connectivity index is 0.000000329. The third-order valence-electron chi connectivity index (χ3n) is 4.85. The number of rotatable bonds is 8. The van der Waals surface area contributed by atoms with E-state index in [2.05, 4.69) is 5.32 Å². The fraction of sp³-hybridized carbons (Fsp3) is 0.476. The van der Waals surface area contributed by atoms with Crippen molar-refractivity contribution in [1.82, 2.24) is 5.32 Å². The van der Waals surface area contributed by atoms with Gasteiger partial charge in [0.1, 0.15) is 6.04 Å². The highest BCUT2D eigenvalue weighted by molar-refractivity contribution is 5.75. The van der Waals surface area contributed by atoms with Gasteiger partial charge in [0.25, 0.3) is 0 Å². The molecule has 1 aromatic carbocycles. The fourth-order valence-corrected chi connectivity index (χ4v) is 2.93. The molecule has 2 rings (SSSR count). The van der Waals surface area contributed by atoms with Crippen molar-refractivity contribution in [3.63, 3.8) is 0 Å². The zero-order valence-electron chi connectivity index (χ0n) is 17.2. The number of carboxylic acid groups (broad SMARTS) is 2. The van der Waals surface area contributed by atoms with E-state index in [1.807, 2.05) is 30.3 Å². The second-order valence-electron chi connectivity index (χ2n) is 7.28. The Morgan fingerprint density at radius 3 is 2.37 bits per heavy atom. The van der Waals surface area contributed by atoms with Gasteiger partial charge < -0.3 is 32.1 Å². The highest BCUT2D eigenvalue weighted by atomic mass is 16.4. The molecule has 1 saturated carbocycles. The van der Waals surface area contributed by atoms with Gasteiger partial charge in [0.2, 0.25) is 0 Å². The van der Waals surface area contributed by atoms with Gasteiger partial charge in [0.15, 0.2) is 5.96 Å². The van der Waals surface area contributed by atoms with E-state index in [0.29, 0.717) is 19.4 Å². The summed E-state index contributed by atoms with van der Waals surface area (Å²) < 4.78 is 0. The van der Waals surface area contributed by atoms with Gasteiger partial charge in [-0.15, -0.1) is 0 Å². The smallest absolute Gasteiger partial charge is 0.320 e. The van der Waals surface area contributed by atoms with Crippen LogP contribution in [0.4, 0.5) is 0 Å². The summed E-state index contributed by atoms with van der Waals surface area (Å²) in [4.78, 5) is 21.1. The molecule has 9 N–H and O–H groups in total. The van der Waals surface area contributed by atoms with Crippen molar-refractivity contribution in [3.05, 3.63) is 41.0 Å². The van der Waals surface area contributed by atoms with Crippen molar-refractivity contribution >= 4 is 24.0 Å². The summed E-state index contributed by atoms with van der Waals surface area (Å²) in [6.45, 7) is 2.16. The highest BCUT2D eigenvalue weighted by Gasteiger charge is 2.18. The van der Waals surface area contributed by atoms with E-state index in [4.69, 9.17) is 27.1 Å². The number of aliphatic carboxylic acids is 2. The molecule has 9 nitrogen and oxygen atoms in total. The number of guanidine groups is 1. The predicted molar refractivity (Wildman–Crippen MR) is 115 cm³/mol. The van der Waals surface area contributed by atoms with E-state index in [-0.39, 0.29) is 12.1 Å². The van der Waals surface area contributed by atoms with Crippen LogP contribution in [-0.2, 0) is 9.59 Å². The molecule has 9 heteroatoms. The fourth-order valence-electron chi connectivity index (χ4n) is 2.93. The molecule has 0 heterocycles. The SMILES string of the molecule is CC(C(=O)O)c1ccc(C=C2CCCC2O)cc1.N=C(N)NCCC[C@H](N)C(=O)O. The minimum absolute atomic E-state index is 0.112. The summed E-state index contributed by atoms with van der Waals surface area (Å²) in [6, 6.07) is 6.68. The summed E-state index contributed by atoms with van der Waals surface area (Å²) in [6.07, 6.45) is 5.52. The van der Waals surface area contributed by atoms with Crippen LogP contribution in [0.15, 0.2) is 29.8 Å². The molecule has 166 valence electrons. The van der Waals surface area contributed by atoms with Crippen molar-refractivity contribution in [1.29, 1.82) is 5.41 Å². The first-order valence-corrected chi connectivity index (χ1v) is 9.89. The van der Waals surface area contributed by atoms with Gasteiger partial charge in [-0.1, -0.05) is 30.3 Å². The number of benzene rings is 1. The zero-order valence-corrected chi connectivity index (χ0v) is 17.2. The minimum Gasteiger partial charge on any atom is -0.481 e.